The highest BCUT2D eigenvalue weighted by molar-refractivity contribution is 7.92. The summed E-state index contributed by atoms with van der Waals surface area (Å²) in [5, 5.41) is 0.391. The monoisotopic (exact) mass is 586 g/mol. The minimum absolute atomic E-state index is 0.0162. The number of methoxy groups -OCH3 is 1. The maximum Gasteiger partial charge on any atom is 0.232 e. The molecule has 0 radical (unpaired) electrons. The fourth-order valence-corrected chi connectivity index (χ4v) is 7.07. The van der Waals surface area contributed by atoms with Crippen LogP contribution in [0.3, 0.4) is 0 Å². The van der Waals surface area contributed by atoms with E-state index < -0.39 is 9.92 Å². The van der Waals surface area contributed by atoms with E-state index in [4.69, 9.17) is 9.52 Å². The third-order valence-electron chi connectivity index (χ3n) is 7.08. The molecule has 10 heteroatoms. The van der Waals surface area contributed by atoms with Gasteiger partial charge in [-0.05, 0) is 63.6 Å². The molecule has 40 heavy (non-hydrogen) atoms. The molecule has 7 nitrogen and oxygen atoms in total. The number of benzene rings is 1. The SMILES string of the molecule is C=C(F)C(C/C(C)=C\C)C1C=CCC(CC(=O)N(C)c2nc(C)c(S(=N)(=O)NCc3ccc(OC)cc3)s2)=CC1. The highest BCUT2D eigenvalue weighted by Gasteiger charge is 2.25. The summed E-state index contributed by atoms with van der Waals surface area (Å²) in [5.74, 6) is -0.0651. The molecule has 1 aromatic carbocycles. The van der Waals surface area contributed by atoms with Crippen LogP contribution in [-0.4, -0.2) is 29.3 Å². The van der Waals surface area contributed by atoms with Crippen molar-refractivity contribution in [2.45, 2.75) is 57.2 Å². The minimum Gasteiger partial charge on any atom is -0.497 e. The molecule has 1 heterocycles. The van der Waals surface area contributed by atoms with Crippen molar-refractivity contribution in [2.24, 2.45) is 11.8 Å². The van der Waals surface area contributed by atoms with Gasteiger partial charge in [0.05, 0.1) is 18.6 Å². The molecular formula is C30H39FN4O3S2. The number of thiazole rings is 1. The summed E-state index contributed by atoms with van der Waals surface area (Å²) in [6.45, 7) is 9.45. The Morgan fingerprint density at radius 2 is 2.10 bits per heavy atom. The van der Waals surface area contributed by atoms with Gasteiger partial charge in [-0.25, -0.2) is 23.1 Å². The van der Waals surface area contributed by atoms with Crippen LogP contribution < -0.4 is 14.4 Å². The Morgan fingerprint density at radius 1 is 1.40 bits per heavy atom. The van der Waals surface area contributed by atoms with E-state index in [0.29, 0.717) is 34.3 Å². The fourth-order valence-electron chi connectivity index (χ4n) is 4.45. The second kappa shape index (κ2) is 14.0. The summed E-state index contributed by atoms with van der Waals surface area (Å²) in [4.78, 5) is 19.1. The molecule has 2 N–H and O–H groups in total. The van der Waals surface area contributed by atoms with Crippen LogP contribution in [0.1, 0.15) is 50.8 Å². The van der Waals surface area contributed by atoms with Crippen LogP contribution in [0.15, 0.2) is 76.3 Å². The van der Waals surface area contributed by atoms with E-state index in [0.717, 1.165) is 33.8 Å². The molecule has 1 aliphatic carbocycles. The number of rotatable bonds is 12. The zero-order chi connectivity index (χ0) is 29.4. The molecule has 3 rings (SSSR count). The maximum atomic E-state index is 14.3. The van der Waals surface area contributed by atoms with Crippen LogP contribution in [0.2, 0.25) is 0 Å². The fraction of sp³-hybridized carbons (Fsp3) is 0.400. The average molecular weight is 587 g/mol. The summed E-state index contributed by atoms with van der Waals surface area (Å²) in [6, 6.07) is 7.30. The second-order valence-electron chi connectivity index (χ2n) is 10.0. The van der Waals surface area contributed by atoms with Gasteiger partial charge < -0.3 is 4.74 Å². The topological polar surface area (TPSA) is 95.4 Å². The van der Waals surface area contributed by atoms with Gasteiger partial charge in [-0.15, -0.1) is 0 Å². The Kier molecular flexibility index (Phi) is 11.0. The van der Waals surface area contributed by atoms with Gasteiger partial charge in [0, 0.05) is 25.9 Å². The number of anilines is 1. The molecule has 0 bridgehead atoms. The molecule has 1 amide bonds. The van der Waals surface area contributed by atoms with Crippen LogP contribution in [0.4, 0.5) is 9.52 Å². The van der Waals surface area contributed by atoms with Gasteiger partial charge in [0.15, 0.2) is 5.13 Å². The zero-order valence-corrected chi connectivity index (χ0v) is 25.5. The quantitative estimate of drug-likeness (QED) is 0.256. The molecule has 0 fully saturated rings. The Hall–Kier alpha value is -3.08. The third kappa shape index (κ3) is 8.22. The third-order valence-corrected chi connectivity index (χ3v) is 10.4. The van der Waals surface area contributed by atoms with Crippen molar-refractivity contribution >= 4 is 32.3 Å². The van der Waals surface area contributed by atoms with Gasteiger partial charge in [0.1, 0.15) is 19.9 Å². The molecule has 1 aromatic heterocycles. The van der Waals surface area contributed by atoms with Crippen molar-refractivity contribution in [2.75, 3.05) is 19.1 Å². The normalized spacial score (nSPS) is 17.9. The summed E-state index contributed by atoms with van der Waals surface area (Å²) in [6.07, 6.45) is 10.1. The zero-order valence-electron chi connectivity index (χ0n) is 23.8. The predicted molar refractivity (Wildman–Crippen MR) is 162 cm³/mol. The van der Waals surface area contributed by atoms with Crippen molar-refractivity contribution in [3.8, 4) is 5.75 Å². The first kappa shape index (κ1) is 31.4. The van der Waals surface area contributed by atoms with Crippen molar-refractivity contribution < 1.29 is 18.1 Å². The number of nitrogens with zero attached hydrogens (tertiary/aromatic N) is 2. The molecule has 0 spiro atoms. The number of aryl methyl sites for hydroxylation is 1. The number of hydrogen-bond donors (Lipinski definition) is 2. The molecule has 0 aliphatic heterocycles. The maximum absolute atomic E-state index is 14.3. The Balaban J connectivity index is 1.65. The number of ether oxygens (including phenoxy) is 1. The minimum atomic E-state index is -3.33. The van der Waals surface area contributed by atoms with Crippen LogP contribution in [0.25, 0.3) is 0 Å². The number of allylic oxidation sites excluding steroid dienone is 6. The Bertz CT molecular complexity index is 1410. The van der Waals surface area contributed by atoms with E-state index in [-0.39, 0.29) is 36.5 Å². The molecule has 1 aliphatic rings. The summed E-state index contributed by atoms with van der Waals surface area (Å²) in [7, 11) is -0.106. The predicted octanol–water partition coefficient (Wildman–Crippen LogP) is 7.27. The lowest BCUT2D eigenvalue weighted by Crippen LogP contribution is -2.26. The van der Waals surface area contributed by atoms with Gasteiger partial charge in [0.2, 0.25) is 5.91 Å². The smallest absolute Gasteiger partial charge is 0.232 e. The van der Waals surface area contributed by atoms with E-state index in [1.807, 2.05) is 50.3 Å². The van der Waals surface area contributed by atoms with Crippen LogP contribution >= 0.6 is 11.3 Å². The van der Waals surface area contributed by atoms with Crippen molar-refractivity contribution in [1.29, 1.82) is 4.78 Å². The summed E-state index contributed by atoms with van der Waals surface area (Å²) < 4.78 is 44.3. The Labute approximate surface area is 241 Å². The lowest BCUT2D eigenvalue weighted by Gasteiger charge is -2.22. The number of carbonyl (C=O) groups excluding carboxylic acids is 1. The van der Waals surface area contributed by atoms with Gasteiger partial charge in [-0.1, -0.05) is 65.5 Å². The van der Waals surface area contributed by atoms with Gasteiger partial charge >= 0.3 is 0 Å². The van der Waals surface area contributed by atoms with Gasteiger partial charge in [-0.2, -0.15) is 0 Å². The molecule has 3 unspecified atom stereocenters. The van der Waals surface area contributed by atoms with E-state index in [9.17, 15) is 13.4 Å². The highest BCUT2D eigenvalue weighted by atomic mass is 32.2. The second-order valence-corrected chi connectivity index (χ2v) is 13.1. The number of amides is 1. The average Bonchev–Trinajstić information content (AvgIpc) is 3.19. The lowest BCUT2D eigenvalue weighted by atomic mass is 9.84. The van der Waals surface area contributed by atoms with E-state index >= 15 is 0 Å². The van der Waals surface area contributed by atoms with E-state index in [1.54, 1.807) is 33.2 Å². The highest BCUT2D eigenvalue weighted by Crippen LogP contribution is 2.34. The molecule has 216 valence electrons. The number of aromatic nitrogens is 1. The van der Waals surface area contributed by atoms with E-state index in [1.165, 1.54) is 4.90 Å². The summed E-state index contributed by atoms with van der Waals surface area (Å²) >= 11 is 1.08. The summed E-state index contributed by atoms with van der Waals surface area (Å²) in [5.41, 5.74) is 3.39. The van der Waals surface area contributed by atoms with Crippen molar-refractivity contribution in [3.05, 3.63) is 83.4 Å². The van der Waals surface area contributed by atoms with Crippen LogP contribution in [-0.2, 0) is 21.3 Å². The van der Waals surface area contributed by atoms with Crippen molar-refractivity contribution in [1.82, 2.24) is 9.71 Å². The standard InChI is InChI=1S/C30H39FN4O3S2/c1-7-20(2)17-27(21(3)31)25-10-8-9-23(11-14-25)18-28(36)35(5)30-34-22(4)29(39-30)40(32,37)33-19-24-12-15-26(38-6)16-13-24/h7-8,10-13,15-16,25,27H,3,9,14,17-19H2,1-2,4-6H3,(H2,32,33,37)/b20-7-. The van der Waals surface area contributed by atoms with Crippen molar-refractivity contribution in [3.63, 3.8) is 0 Å². The molecular weight excluding hydrogens is 547 g/mol. The Morgan fingerprint density at radius 3 is 2.73 bits per heavy atom. The van der Waals surface area contributed by atoms with Gasteiger partial charge in [-0.3, -0.25) is 9.69 Å². The first-order valence-corrected chi connectivity index (χ1v) is 15.5. The molecule has 0 saturated carbocycles. The largest absolute Gasteiger partial charge is 0.497 e. The number of carbonyl (C=O) groups is 1. The van der Waals surface area contributed by atoms with E-state index in [2.05, 4.69) is 16.3 Å². The first-order chi connectivity index (χ1) is 18.9. The molecule has 2 aromatic rings. The van der Waals surface area contributed by atoms with Crippen LogP contribution in [0.5, 0.6) is 5.75 Å². The van der Waals surface area contributed by atoms with Gasteiger partial charge in [0.25, 0.3) is 0 Å². The number of hydrogen-bond acceptors (Lipinski definition) is 6. The molecule has 0 saturated heterocycles. The number of nitrogens with one attached hydrogen (secondary N) is 2. The first-order valence-electron chi connectivity index (χ1n) is 13.2. The van der Waals surface area contributed by atoms with Crippen LogP contribution in [0, 0.1) is 23.5 Å². The molecule has 3 atom stereocenters. The number of halogens is 1. The lowest BCUT2D eigenvalue weighted by molar-refractivity contribution is -0.117.